The van der Waals surface area contributed by atoms with Gasteiger partial charge >= 0.3 is 6.09 Å². The van der Waals surface area contributed by atoms with Gasteiger partial charge in [0.25, 0.3) is 0 Å². The summed E-state index contributed by atoms with van der Waals surface area (Å²) in [7, 11) is -2.33. The Morgan fingerprint density at radius 2 is 1.07 bits per heavy atom. The molecule has 1 amide bonds. The van der Waals surface area contributed by atoms with Crippen molar-refractivity contribution in [2.45, 2.75) is 26.4 Å². The summed E-state index contributed by atoms with van der Waals surface area (Å²) in [6, 6.07) is 30.7. The van der Waals surface area contributed by atoms with Crippen molar-refractivity contribution in [3.63, 3.8) is 0 Å². The van der Waals surface area contributed by atoms with Gasteiger partial charge in [0.15, 0.2) is 7.41 Å². The Kier molecular flexibility index (Phi) is 6.13. The molecule has 0 radical (unpaired) electrons. The van der Waals surface area contributed by atoms with E-state index < -0.39 is 19.1 Å². The van der Waals surface area contributed by atoms with Crippen molar-refractivity contribution in [2.75, 3.05) is 0 Å². The molecule has 28 heavy (non-hydrogen) atoms. The maximum absolute atomic E-state index is 12.4. The molecule has 0 aliphatic rings. The fourth-order valence-corrected chi connectivity index (χ4v) is 6.43. The highest BCUT2D eigenvalue weighted by atomic mass is 31.2. The summed E-state index contributed by atoms with van der Waals surface area (Å²) in [6.45, 7) is 5.54. The van der Waals surface area contributed by atoms with Gasteiger partial charge in [0.2, 0.25) is 0 Å². The van der Waals surface area contributed by atoms with E-state index in [1.165, 1.54) is 0 Å². The van der Waals surface area contributed by atoms with E-state index in [2.05, 4.69) is 47.0 Å². The van der Waals surface area contributed by atoms with Crippen LogP contribution in [0.25, 0.3) is 0 Å². The van der Waals surface area contributed by atoms with E-state index in [9.17, 15) is 4.79 Å². The summed E-state index contributed by atoms with van der Waals surface area (Å²) in [5.41, 5.74) is 2.24. The highest BCUT2D eigenvalue weighted by molar-refractivity contribution is 7.94. The first-order chi connectivity index (χ1) is 13.4. The summed E-state index contributed by atoms with van der Waals surface area (Å²) >= 11 is 0. The Balaban J connectivity index is 2.10. The number of amides is 1. The summed E-state index contributed by atoms with van der Waals surface area (Å²) < 4.78 is 5.45. The van der Waals surface area contributed by atoms with Crippen LogP contribution >= 0.6 is 7.41 Å². The van der Waals surface area contributed by atoms with Crippen LogP contribution in [0.4, 0.5) is 4.79 Å². The van der Waals surface area contributed by atoms with Gasteiger partial charge in [-0.2, -0.15) is 0 Å². The van der Waals surface area contributed by atoms with E-state index in [0.717, 1.165) is 15.9 Å². The number of ether oxygens (including phenoxy) is 1. The lowest BCUT2D eigenvalue weighted by Gasteiger charge is -2.28. The maximum Gasteiger partial charge on any atom is 0.424 e. The number of hydrazine groups is 1. The first-order valence-corrected chi connectivity index (χ1v) is 11.0. The lowest BCUT2D eigenvalue weighted by molar-refractivity contribution is 0.0516. The second-order valence-electron chi connectivity index (χ2n) is 7.42. The molecule has 0 saturated carbocycles. The third kappa shape index (κ3) is 4.59. The zero-order valence-corrected chi connectivity index (χ0v) is 17.3. The van der Waals surface area contributed by atoms with E-state index in [4.69, 9.17) is 4.74 Å². The van der Waals surface area contributed by atoms with Gasteiger partial charge in [-0.1, -0.05) is 59.8 Å². The van der Waals surface area contributed by atoms with Gasteiger partial charge in [0, 0.05) is 0 Å². The molecule has 0 spiro atoms. The summed E-state index contributed by atoms with van der Waals surface area (Å²) in [5, 5.41) is 6.73. The Morgan fingerprint density at radius 1 is 0.714 bits per heavy atom. The highest BCUT2D eigenvalue weighted by Crippen LogP contribution is 2.50. The van der Waals surface area contributed by atoms with Crippen molar-refractivity contribution in [3.8, 4) is 0 Å². The van der Waals surface area contributed by atoms with Crippen LogP contribution in [0.5, 0.6) is 0 Å². The fourth-order valence-electron chi connectivity index (χ4n) is 3.03. The molecule has 4 nitrogen and oxygen atoms in total. The van der Waals surface area contributed by atoms with Gasteiger partial charge in [0.05, 0.1) is 0 Å². The fraction of sp³-hybridized carbons (Fsp3) is 0.174. The lowest BCUT2D eigenvalue weighted by atomic mass is 10.2. The minimum Gasteiger partial charge on any atom is -0.443 e. The monoisotopic (exact) mass is 393 g/mol. The smallest absolute Gasteiger partial charge is 0.424 e. The molecule has 0 bridgehead atoms. The van der Waals surface area contributed by atoms with Gasteiger partial charge in [-0.15, -0.1) is 0 Å². The van der Waals surface area contributed by atoms with Crippen molar-refractivity contribution in [3.05, 3.63) is 91.0 Å². The molecule has 0 aromatic heterocycles. The first-order valence-electron chi connectivity index (χ1n) is 9.24. The number of hydrogen-bond acceptors (Lipinski definition) is 3. The van der Waals surface area contributed by atoms with Crippen LogP contribution < -0.4 is 26.5 Å². The minimum atomic E-state index is -2.33. The summed E-state index contributed by atoms with van der Waals surface area (Å²) in [4.78, 5) is 12.4. The molecule has 3 aromatic rings. The average molecular weight is 393 g/mol. The van der Waals surface area contributed by atoms with Crippen LogP contribution in [0.2, 0.25) is 0 Å². The third-order valence-corrected chi connectivity index (χ3v) is 7.82. The van der Waals surface area contributed by atoms with Gasteiger partial charge < -0.3 is 4.74 Å². The van der Waals surface area contributed by atoms with E-state index in [-0.39, 0.29) is 0 Å². The van der Waals surface area contributed by atoms with Crippen molar-refractivity contribution >= 4 is 29.4 Å². The molecule has 144 valence electrons. The summed E-state index contributed by atoms with van der Waals surface area (Å²) in [6.07, 6.45) is -0.500. The molecular formula is C23H26N2O2P+. The molecule has 2 N–H and O–H groups in total. The zero-order valence-electron chi connectivity index (χ0n) is 16.4. The van der Waals surface area contributed by atoms with Crippen molar-refractivity contribution in [2.24, 2.45) is 0 Å². The molecule has 0 heterocycles. The largest absolute Gasteiger partial charge is 0.443 e. The normalized spacial score (nSPS) is 11.7. The van der Waals surface area contributed by atoms with Crippen LogP contribution in [0.15, 0.2) is 91.0 Å². The van der Waals surface area contributed by atoms with Crippen LogP contribution in [-0.4, -0.2) is 11.7 Å². The predicted molar refractivity (Wildman–Crippen MR) is 118 cm³/mol. The highest BCUT2D eigenvalue weighted by Gasteiger charge is 2.46. The molecule has 0 aliphatic carbocycles. The Bertz CT molecular complexity index is 797. The third-order valence-electron chi connectivity index (χ3n) is 4.16. The van der Waals surface area contributed by atoms with Gasteiger partial charge in [-0.25, -0.2) is 10.2 Å². The second-order valence-corrected chi connectivity index (χ2v) is 10.5. The molecule has 3 rings (SSSR count). The molecule has 0 aliphatic heterocycles. The number of carbonyl (C=O) groups excluding carboxylic acids is 1. The molecule has 0 unspecified atom stereocenters. The predicted octanol–water partition coefficient (Wildman–Crippen LogP) is 3.92. The number of nitrogens with one attached hydrogen (secondary N) is 2. The topological polar surface area (TPSA) is 50.4 Å². The Morgan fingerprint density at radius 3 is 1.39 bits per heavy atom. The van der Waals surface area contributed by atoms with Crippen molar-refractivity contribution < 1.29 is 9.53 Å². The van der Waals surface area contributed by atoms with E-state index in [1.54, 1.807) is 0 Å². The first kappa shape index (κ1) is 20.1. The van der Waals surface area contributed by atoms with Crippen molar-refractivity contribution in [1.29, 1.82) is 0 Å². The number of rotatable bonds is 5. The molecule has 0 saturated heterocycles. The lowest BCUT2D eigenvalue weighted by Crippen LogP contribution is -2.49. The molecule has 0 fully saturated rings. The van der Waals surface area contributed by atoms with Crippen LogP contribution in [-0.2, 0) is 4.74 Å². The van der Waals surface area contributed by atoms with Gasteiger partial charge in [0.1, 0.15) is 21.5 Å². The van der Waals surface area contributed by atoms with Crippen LogP contribution in [0.1, 0.15) is 20.8 Å². The SMILES string of the molecule is CC(C)(C)OC(=O)NN[P+](c1ccccc1)(c1ccccc1)c1ccccc1. The zero-order chi connectivity index (χ0) is 20.0. The second kappa shape index (κ2) is 8.55. The van der Waals surface area contributed by atoms with Crippen molar-refractivity contribution in [1.82, 2.24) is 10.6 Å². The van der Waals surface area contributed by atoms with Crippen LogP contribution in [0, 0.1) is 0 Å². The van der Waals surface area contributed by atoms with E-state index in [1.807, 2.05) is 75.4 Å². The number of benzene rings is 3. The maximum atomic E-state index is 12.4. The standard InChI is InChI=1S/C23H25N2O2P/c1-23(2,3)27-22(26)24-25-28(19-13-7-4-8-14-19,20-15-9-5-10-16-20)21-17-11-6-12-18-21/h4-18,25H,1-3H3/p+1. The quantitative estimate of drug-likeness (QED) is 0.510. The van der Waals surface area contributed by atoms with Gasteiger partial charge in [-0.05, 0) is 57.2 Å². The summed E-state index contributed by atoms with van der Waals surface area (Å²) in [5.74, 6) is 0. The average Bonchev–Trinajstić information content (AvgIpc) is 2.70. The Labute approximate surface area is 167 Å². The number of hydrogen-bond donors (Lipinski definition) is 2. The molecule has 5 heteroatoms. The molecular weight excluding hydrogens is 367 g/mol. The molecule has 0 atom stereocenters. The Hall–Kier alpha value is -2.68. The van der Waals surface area contributed by atoms with Crippen LogP contribution in [0.3, 0.4) is 0 Å². The van der Waals surface area contributed by atoms with Gasteiger partial charge in [-0.3, -0.25) is 0 Å². The molecule has 3 aromatic carbocycles. The minimum absolute atomic E-state index is 0.500. The number of carbonyl (C=O) groups is 1. The van der Waals surface area contributed by atoms with E-state index >= 15 is 0 Å². The van der Waals surface area contributed by atoms with E-state index in [0.29, 0.717) is 0 Å².